The quantitative estimate of drug-likeness (QED) is 0.640. The molecular formula is C10H24N2. The van der Waals surface area contributed by atoms with Crippen molar-refractivity contribution in [3.05, 3.63) is 0 Å². The molecule has 2 heteroatoms. The third-order valence-corrected chi connectivity index (χ3v) is 2.12. The predicted octanol–water partition coefficient (Wildman–Crippen LogP) is 1.75. The molecule has 0 aromatic heterocycles. The zero-order valence-corrected chi connectivity index (χ0v) is 8.93. The van der Waals surface area contributed by atoms with E-state index in [0.717, 1.165) is 13.0 Å². The van der Waals surface area contributed by atoms with E-state index in [0.29, 0.717) is 18.0 Å². The molecule has 0 bridgehead atoms. The fourth-order valence-corrected chi connectivity index (χ4v) is 1.19. The number of hydrogen-bond donors (Lipinski definition) is 2. The fourth-order valence-electron chi connectivity index (χ4n) is 1.19. The summed E-state index contributed by atoms with van der Waals surface area (Å²) in [5, 5.41) is 3.41. The minimum Gasteiger partial charge on any atom is -0.327 e. The summed E-state index contributed by atoms with van der Waals surface area (Å²) < 4.78 is 0. The Kier molecular flexibility index (Phi) is 6.39. The van der Waals surface area contributed by atoms with E-state index in [-0.39, 0.29) is 0 Å². The van der Waals surface area contributed by atoms with Crippen LogP contribution in [0.3, 0.4) is 0 Å². The summed E-state index contributed by atoms with van der Waals surface area (Å²) in [5.41, 5.74) is 5.92. The second-order valence-electron chi connectivity index (χ2n) is 4.11. The van der Waals surface area contributed by atoms with Gasteiger partial charge in [-0.05, 0) is 25.7 Å². The summed E-state index contributed by atoms with van der Waals surface area (Å²) in [6.45, 7) is 9.76. The largest absolute Gasteiger partial charge is 0.327 e. The smallest absolute Gasteiger partial charge is 0.0167 e. The molecule has 0 aliphatic rings. The van der Waals surface area contributed by atoms with Crippen LogP contribution in [0.4, 0.5) is 0 Å². The van der Waals surface area contributed by atoms with Gasteiger partial charge in [0.15, 0.2) is 0 Å². The molecule has 0 aromatic carbocycles. The van der Waals surface area contributed by atoms with Crippen LogP contribution in [0.2, 0.25) is 0 Å². The van der Waals surface area contributed by atoms with E-state index in [1.165, 1.54) is 6.42 Å². The summed E-state index contributed by atoms with van der Waals surface area (Å²) in [5.74, 6) is 0.707. The van der Waals surface area contributed by atoms with Crippen LogP contribution in [0.15, 0.2) is 0 Å². The highest BCUT2D eigenvalue weighted by Crippen LogP contribution is 2.01. The summed E-state index contributed by atoms with van der Waals surface area (Å²) in [6.07, 6.45) is 2.29. The maximum absolute atomic E-state index is 5.92. The molecule has 0 rings (SSSR count). The molecule has 0 spiro atoms. The molecule has 0 fully saturated rings. The molecule has 0 radical (unpaired) electrons. The van der Waals surface area contributed by atoms with Gasteiger partial charge >= 0.3 is 0 Å². The van der Waals surface area contributed by atoms with Crippen LogP contribution in [0, 0.1) is 5.92 Å². The first kappa shape index (κ1) is 11.9. The number of rotatable bonds is 6. The van der Waals surface area contributed by atoms with Crippen molar-refractivity contribution in [1.29, 1.82) is 0 Å². The monoisotopic (exact) mass is 172 g/mol. The highest BCUT2D eigenvalue weighted by molar-refractivity contribution is 4.68. The zero-order chi connectivity index (χ0) is 9.56. The first-order valence-corrected chi connectivity index (χ1v) is 5.05. The zero-order valence-electron chi connectivity index (χ0n) is 8.93. The lowest BCUT2D eigenvalue weighted by Crippen LogP contribution is -2.38. The Labute approximate surface area is 76.9 Å². The van der Waals surface area contributed by atoms with Gasteiger partial charge in [0.25, 0.3) is 0 Å². The maximum atomic E-state index is 5.92. The van der Waals surface area contributed by atoms with E-state index in [2.05, 4.69) is 33.0 Å². The second kappa shape index (κ2) is 6.44. The SMILES string of the molecule is CCC(C)NCC(N)CC(C)C. The van der Waals surface area contributed by atoms with Gasteiger partial charge in [-0.15, -0.1) is 0 Å². The van der Waals surface area contributed by atoms with E-state index >= 15 is 0 Å². The van der Waals surface area contributed by atoms with Crippen LogP contribution < -0.4 is 11.1 Å². The molecule has 0 amide bonds. The van der Waals surface area contributed by atoms with E-state index in [1.807, 2.05) is 0 Å². The molecule has 2 atom stereocenters. The molecular weight excluding hydrogens is 148 g/mol. The van der Waals surface area contributed by atoms with Crippen molar-refractivity contribution in [3.8, 4) is 0 Å². The van der Waals surface area contributed by atoms with Crippen molar-refractivity contribution in [2.45, 2.75) is 52.6 Å². The summed E-state index contributed by atoms with van der Waals surface area (Å²) in [6, 6.07) is 0.919. The Morgan fingerprint density at radius 3 is 2.25 bits per heavy atom. The average molecular weight is 172 g/mol. The second-order valence-corrected chi connectivity index (χ2v) is 4.11. The van der Waals surface area contributed by atoms with E-state index in [1.54, 1.807) is 0 Å². The van der Waals surface area contributed by atoms with Crippen molar-refractivity contribution >= 4 is 0 Å². The van der Waals surface area contributed by atoms with Gasteiger partial charge in [-0.25, -0.2) is 0 Å². The van der Waals surface area contributed by atoms with Crippen LogP contribution in [-0.2, 0) is 0 Å². The highest BCUT2D eigenvalue weighted by Gasteiger charge is 2.06. The molecule has 0 aliphatic heterocycles. The average Bonchev–Trinajstić information content (AvgIpc) is 1.99. The van der Waals surface area contributed by atoms with Crippen molar-refractivity contribution in [2.75, 3.05) is 6.54 Å². The van der Waals surface area contributed by atoms with Crippen LogP contribution in [-0.4, -0.2) is 18.6 Å². The van der Waals surface area contributed by atoms with Gasteiger partial charge in [0, 0.05) is 18.6 Å². The Morgan fingerprint density at radius 2 is 1.83 bits per heavy atom. The lowest BCUT2D eigenvalue weighted by atomic mass is 10.0. The molecule has 0 saturated carbocycles. The normalized spacial score (nSPS) is 16.5. The van der Waals surface area contributed by atoms with Crippen LogP contribution in [0.25, 0.3) is 0 Å². The third kappa shape index (κ3) is 6.62. The molecule has 0 saturated heterocycles. The predicted molar refractivity (Wildman–Crippen MR) is 55.2 cm³/mol. The summed E-state index contributed by atoms with van der Waals surface area (Å²) in [4.78, 5) is 0. The molecule has 74 valence electrons. The van der Waals surface area contributed by atoms with Crippen molar-refractivity contribution < 1.29 is 0 Å². The Balaban J connectivity index is 3.36. The van der Waals surface area contributed by atoms with Gasteiger partial charge in [-0.3, -0.25) is 0 Å². The van der Waals surface area contributed by atoms with Gasteiger partial charge in [0.2, 0.25) is 0 Å². The topological polar surface area (TPSA) is 38.0 Å². The van der Waals surface area contributed by atoms with Crippen LogP contribution in [0.5, 0.6) is 0 Å². The van der Waals surface area contributed by atoms with E-state index < -0.39 is 0 Å². The van der Waals surface area contributed by atoms with Crippen LogP contribution >= 0.6 is 0 Å². The molecule has 2 nitrogen and oxygen atoms in total. The Hall–Kier alpha value is -0.0800. The third-order valence-electron chi connectivity index (χ3n) is 2.12. The minimum absolute atomic E-state index is 0.319. The van der Waals surface area contributed by atoms with Crippen molar-refractivity contribution in [1.82, 2.24) is 5.32 Å². The lowest BCUT2D eigenvalue weighted by Gasteiger charge is -2.17. The molecule has 0 aromatic rings. The number of hydrogen-bond acceptors (Lipinski definition) is 2. The summed E-state index contributed by atoms with van der Waals surface area (Å²) in [7, 11) is 0. The number of nitrogens with one attached hydrogen (secondary N) is 1. The van der Waals surface area contributed by atoms with Crippen molar-refractivity contribution in [2.24, 2.45) is 11.7 Å². The molecule has 0 heterocycles. The first-order valence-electron chi connectivity index (χ1n) is 5.05. The number of nitrogens with two attached hydrogens (primary N) is 1. The fraction of sp³-hybridized carbons (Fsp3) is 1.00. The van der Waals surface area contributed by atoms with Crippen molar-refractivity contribution in [3.63, 3.8) is 0 Å². The molecule has 12 heavy (non-hydrogen) atoms. The van der Waals surface area contributed by atoms with Gasteiger partial charge < -0.3 is 11.1 Å². The Morgan fingerprint density at radius 1 is 1.25 bits per heavy atom. The van der Waals surface area contributed by atoms with Gasteiger partial charge in [0.05, 0.1) is 0 Å². The van der Waals surface area contributed by atoms with Gasteiger partial charge in [0.1, 0.15) is 0 Å². The van der Waals surface area contributed by atoms with E-state index in [4.69, 9.17) is 5.73 Å². The first-order chi connectivity index (χ1) is 5.56. The lowest BCUT2D eigenvalue weighted by molar-refractivity contribution is 0.436. The van der Waals surface area contributed by atoms with E-state index in [9.17, 15) is 0 Å². The Bertz CT molecular complexity index is 102. The minimum atomic E-state index is 0.319. The highest BCUT2D eigenvalue weighted by atomic mass is 14.9. The summed E-state index contributed by atoms with van der Waals surface area (Å²) >= 11 is 0. The van der Waals surface area contributed by atoms with Gasteiger partial charge in [-0.1, -0.05) is 20.8 Å². The van der Waals surface area contributed by atoms with Gasteiger partial charge in [-0.2, -0.15) is 0 Å². The molecule has 3 N–H and O–H groups in total. The molecule has 0 aliphatic carbocycles. The van der Waals surface area contributed by atoms with Crippen LogP contribution in [0.1, 0.15) is 40.5 Å². The maximum Gasteiger partial charge on any atom is 0.0167 e. The molecule has 2 unspecified atom stereocenters. The standard InChI is InChI=1S/C10H24N2/c1-5-9(4)12-7-10(11)6-8(2)3/h8-10,12H,5-7,11H2,1-4H3.